The lowest BCUT2D eigenvalue weighted by Crippen LogP contribution is -2.50. The van der Waals surface area contributed by atoms with Gasteiger partial charge in [-0.2, -0.15) is 0 Å². The quantitative estimate of drug-likeness (QED) is 0.755. The Morgan fingerprint density at radius 3 is 2.25 bits per heavy atom. The number of benzene rings is 1. The predicted octanol–water partition coefficient (Wildman–Crippen LogP) is 3.43. The zero-order valence-corrected chi connectivity index (χ0v) is 14.8. The molecule has 1 fully saturated rings. The summed E-state index contributed by atoms with van der Waals surface area (Å²) in [6, 6.07) is 7.12. The van der Waals surface area contributed by atoms with E-state index in [0.717, 1.165) is 0 Å². The molecule has 5 nitrogen and oxygen atoms in total. The minimum atomic E-state index is -0.608. The standard InChI is InChI=1S/C16H13BrClFN2O3/c17-14-4-3-13(24-14)16(23)21-7-5-20(6-8-21)15(22)11-9-10(18)1-2-12(11)19/h1-4,9H,5-8H2. The van der Waals surface area contributed by atoms with Crippen molar-refractivity contribution < 1.29 is 18.4 Å². The second-order valence-electron chi connectivity index (χ2n) is 5.31. The van der Waals surface area contributed by atoms with Crippen LogP contribution in [0.15, 0.2) is 39.4 Å². The molecule has 0 spiro atoms. The van der Waals surface area contributed by atoms with E-state index in [0.29, 0.717) is 35.9 Å². The Kier molecular flexibility index (Phi) is 4.91. The van der Waals surface area contributed by atoms with Crippen LogP contribution in [0.4, 0.5) is 4.39 Å². The van der Waals surface area contributed by atoms with Gasteiger partial charge in [0, 0.05) is 31.2 Å². The van der Waals surface area contributed by atoms with Gasteiger partial charge in [-0.15, -0.1) is 0 Å². The van der Waals surface area contributed by atoms with Crippen molar-refractivity contribution >= 4 is 39.3 Å². The molecule has 1 aliphatic heterocycles. The number of hydrogen-bond acceptors (Lipinski definition) is 3. The maximum Gasteiger partial charge on any atom is 0.289 e. The molecule has 0 atom stereocenters. The van der Waals surface area contributed by atoms with Gasteiger partial charge in [-0.3, -0.25) is 9.59 Å². The largest absolute Gasteiger partial charge is 0.444 e. The van der Waals surface area contributed by atoms with Crippen LogP contribution in [0.25, 0.3) is 0 Å². The number of halogens is 3. The van der Waals surface area contributed by atoms with Crippen LogP contribution in [0.5, 0.6) is 0 Å². The average Bonchev–Trinajstić information content (AvgIpc) is 3.02. The number of amides is 2. The fraction of sp³-hybridized carbons (Fsp3) is 0.250. The minimum Gasteiger partial charge on any atom is -0.444 e. The first kappa shape index (κ1) is 17.0. The van der Waals surface area contributed by atoms with Crippen LogP contribution in [-0.4, -0.2) is 47.8 Å². The van der Waals surface area contributed by atoms with Crippen LogP contribution < -0.4 is 0 Å². The van der Waals surface area contributed by atoms with Gasteiger partial charge in [0.2, 0.25) is 0 Å². The van der Waals surface area contributed by atoms with Gasteiger partial charge in [-0.25, -0.2) is 4.39 Å². The summed E-state index contributed by atoms with van der Waals surface area (Å²) in [7, 11) is 0. The van der Waals surface area contributed by atoms with E-state index < -0.39 is 11.7 Å². The number of carbonyl (C=O) groups is 2. The van der Waals surface area contributed by atoms with E-state index in [-0.39, 0.29) is 17.2 Å². The molecule has 1 aromatic heterocycles. The maximum absolute atomic E-state index is 13.8. The van der Waals surface area contributed by atoms with Crippen molar-refractivity contribution in [1.82, 2.24) is 9.80 Å². The molecular formula is C16H13BrClFN2O3. The highest BCUT2D eigenvalue weighted by atomic mass is 79.9. The Hall–Kier alpha value is -1.86. The van der Waals surface area contributed by atoms with Gasteiger partial charge < -0.3 is 14.2 Å². The first-order valence-electron chi connectivity index (χ1n) is 7.24. The molecule has 0 radical (unpaired) electrons. The molecule has 0 bridgehead atoms. The molecule has 0 saturated carbocycles. The van der Waals surface area contributed by atoms with E-state index in [4.69, 9.17) is 16.0 Å². The first-order chi connectivity index (χ1) is 11.5. The van der Waals surface area contributed by atoms with Crippen molar-refractivity contribution in [3.05, 3.63) is 57.2 Å². The van der Waals surface area contributed by atoms with Crippen LogP contribution in [0.1, 0.15) is 20.9 Å². The Morgan fingerprint density at radius 2 is 1.67 bits per heavy atom. The summed E-state index contributed by atoms with van der Waals surface area (Å²) in [5.41, 5.74) is -0.0581. The summed E-state index contributed by atoms with van der Waals surface area (Å²) in [6.07, 6.45) is 0. The second kappa shape index (κ2) is 6.94. The van der Waals surface area contributed by atoms with Crippen LogP contribution in [-0.2, 0) is 0 Å². The molecule has 1 saturated heterocycles. The van der Waals surface area contributed by atoms with E-state index >= 15 is 0 Å². The van der Waals surface area contributed by atoms with Gasteiger partial charge in [0.1, 0.15) is 5.82 Å². The predicted molar refractivity (Wildman–Crippen MR) is 89.6 cm³/mol. The molecule has 0 N–H and O–H groups in total. The summed E-state index contributed by atoms with van der Waals surface area (Å²) >= 11 is 8.98. The molecular weight excluding hydrogens is 403 g/mol. The smallest absolute Gasteiger partial charge is 0.289 e. The molecule has 0 unspecified atom stereocenters. The maximum atomic E-state index is 13.8. The second-order valence-corrected chi connectivity index (χ2v) is 6.53. The van der Waals surface area contributed by atoms with Crippen molar-refractivity contribution in [2.75, 3.05) is 26.2 Å². The molecule has 8 heteroatoms. The number of hydrogen-bond donors (Lipinski definition) is 0. The normalized spacial score (nSPS) is 14.8. The Labute approximate surface area is 151 Å². The van der Waals surface area contributed by atoms with Gasteiger partial charge >= 0.3 is 0 Å². The van der Waals surface area contributed by atoms with Crippen molar-refractivity contribution in [2.45, 2.75) is 0 Å². The Bertz CT molecular complexity index is 787. The van der Waals surface area contributed by atoms with Crippen LogP contribution in [0.2, 0.25) is 5.02 Å². The van der Waals surface area contributed by atoms with E-state index in [9.17, 15) is 14.0 Å². The van der Waals surface area contributed by atoms with Crippen molar-refractivity contribution in [1.29, 1.82) is 0 Å². The third-order valence-corrected chi connectivity index (χ3v) is 4.46. The van der Waals surface area contributed by atoms with Crippen molar-refractivity contribution in [3.8, 4) is 0 Å². The first-order valence-corrected chi connectivity index (χ1v) is 8.42. The molecule has 126 valence electrons. The minimum absolute atomic E-state index is 0.0581. The SMILES string of the molecule is O=C(c1ccc(Br)o1)N1CCN(C(=O)c2cc(Cl)ccc2F)CC1. The molecule has 1 aliphatic rings. The van der Waals surface area contributed by atoms with Gasteiger partial charge in [-0.1, -0.05) is 11.6 Å². The average molecular weight is 416 g/mol. The Morgan fingerprint density at radius 1 is 1.04 bits per heavy atom. The number of furan rings is 1. The number of rotatable bonds is 2. The highest BCUT2D eigenvalue weighted by molar-refractivity contribution is 9.10. The van der Waals surface area contributed by atoms with E-state index in [1.165, 1.54) is 23.1 Å². The number of piperazine rings is 1. The lowest BCUT2D eigenvalue weighted by Gasteiger charge is -2.34. The zero-order chi connectivity index (χ0) is 17.3. The summed E-state index contributed by atoms with van der Waals surface area (Å²) in [5.74, 6) is -1.03. The highest BCUT2D eigenvalue weighted by Gasteiger charge is 2.28. The molecule has 2 heterocycles. The lowest BCUT2D eigenvalue weighted by molar-refractivity contribution is 0.0515. The zero-order valence-electron chi connectivity index (χ0n) is 12.5. The topological polar surface area (TPSA) is 53.8 Å². The molecule has 3 rings (SSSR count). The lowest BCUT2D eigenvalue weighted by atomic mass is 10.1. The number of nitrogens with zero attached hydrogens (tertiary/aromatic N) is 2. The summed E-state index contributed by atoms with van der Waals surface area (Å²) in [5, 5.41) is 0.303. The summed E-state index contributed by atoms with van der Waals surface area (Å²) in [4.78, 5) is 27.8. The fourth-order valence-electron chi connectivity index (χ4n) is 2.53. The monoisotopic (exact) mass is 414 g/mol. The van der Waals surface area contributed by atoms with E-state index in [1.807, 2.05) is 0 Å². The molecule has 0 aliphatic carbocycles. The van der Waals surface area contributed by atoms with Gasteiger partial charge in [0.25, 0.3) is 11.8 Å². The molecule has 2 aromatic rings. The third-order valence-electron chi connectivity index (χ3n) is 3.80. The number of carbonyl (C=O) groups excluding carboxylic acids is 2. The molecule has 24 heavy (non-hydrogen) atoms. The van der Waals surface area contributed by atoms with Crippen molar-refractivity contribution in [2.24, 2.45) is 0 Å². The van der Waals surface area contributed by atoms with Crippen LogP contribution >= 0.6 is 27.5 Å². The molecule has 1 aromatic carbocycles. The fourth-order valence-corrected chi connectivity index (χ4v) is 3.01. The van der Waals surface area contributed by atoms with Gasteiger partial charge in [-0.05, 0) is 46.3 Å². The summed E-state index contributed by atoms with van der Waals surface area (Å²) < 4.78 is 19.6. The van der Waals surface area contributed by atoms with Gasteiger partial charge in [0.15, 0.2) is 10.4 Å². The van der Waals surface area contributed by atoms with Gasteiger partial charge in [0.05, 0.1) is 5.56 Å². The van der Waals surface area contributed by atoms with Crippen LogP contribution in [0, 0.1) is 5.82 Å². The Balaban J connectivity index is 1.65. The highest BCUT2D eigenvalue weighted by Crippen LogP contribution is 2.19. The van der Waals surface area contributed by atoms with Crippen molar-refractivity contribution in [3.63, 3.8) is 0 Å². The summed E-state index contributed by atoms with van der Waals surface area (Å²) in [6.45, 7) is 1.34. The third kappa shape index (κ3) is 3.47. The van der Waals surface area contributed by atoms with E-state index in [1.54, 1.807) is 17.0 Å². The van der Waals surface area contributed by atoms with E-state index in [2.05, 4.69) is 15.9 Å². The molecule has 2 amide bonds. The van der Waals surface area contributed by atoms with Crippen LogP contribution in [0.3, 0.4) is 0 Å².